The molecular weight excluding hydrogens is 192 g/mol. The summed E-state index contributed by atoms with van der Waals surface area (Å²) < 4.78 is 6.52. The number of rotatable bonds is 2. The molecule has 0 saturated carbocycles. The smallest absolute Gasteiger partial charge is 0.408 e. The van der Waals surface area contributed by atoms with Crippen LogP contribution in [0.15, 0.2) is 27.4 Å². The largest absolute Gasteiger partial charge is 0.419 e. The van der Waals surface area contributed by atoms with E-state index < -0.39 is 0 Å². The molecule has 0 fully saturated rings. The topological polar surface area (TPSA) is 39.5 Å². The van der Waals surface area contributed by atoms with Crippen LogP contribution in [0.25, 0.3) is 15.9 Å². The first kappa shape index (κ1) is 9.53. The number of fused-ring (bicyclic) bond motifs is 1. The molecule has 0 bridgehead atoms. The maximum Gasteiger partial charge on any atom is 0.419 e. The third-order valence-electron chi connectivity index (χ3n) is 2.37. The Kier molecular flexibility index (Phi) is 2.30. The molecule has 0 spiro atoms. The van der Waals surface area contributed by atoms with Crippen LogP contribution in [0.2, 0.25) is 0 Å². The molecule has 0 aliphatic carbocycles. The van der Waals surface area contributed by atoms with Crippen molar-refractivity contribution in [3.8, 4) is 0 Å². The maximum absolute atomic E-state index is 11.2. The van der Waals surface area contributed by atoms with E-state index in [0.717, 1.165) is 11.1 Å². The van der Waals surface area contributed by atoms with E-state index in [1.807, 2.05) is 18.2 Å². The van der Waals surface area contributed by atoms with E-state index in [2.05, 4.69) is 4.85 Å². The van der Waals surface area contributed by atoms with Gasteiger partial charge >= 0.3 is 5.76 Å². The zero-order valence-corrected chi connectivity index (χ0v) is 8.36. The van der Waals surface area contributed by atoms with Crippen molar-refractivity contribution in [3.63, 3.8) is 0 Å². The quantitative estimate of drug-likeness (QED) is 0.694. The van der Waals surface area contributed by atoms with Crippen molar-refractivity contribution < 1.29 is 4.42 Å². The normalized spacial score (nSPS) is 10.4. The van der Waals surface area contributed by atoms with Gasteiger partial charge in [-0.15, -0.1) is 0 Å². The third kappa shape index (κ3) is 1.64. The van der Waals surface area contributed by atoms with E-state index in [4.69, 9.17) is 11.0 Å². The van der Waals surface area contributed by atoms with Gasteiger partial charge in [0.25, 0.3) is 0 Å². The lowest BCUT2D eigenvalue weighted by Gasteiger charge is -1.95. The SMILES string of the molecule is [C-]#[N+]CCc1ccc2c(c1)oc(=O)n2C. The summed E-state index contributed by atoms with van der Waals surface area (Å²) in [5.41, 5.74) is 2.39. The van der Waals surface area contributed by atoms with Crippen LogP contribution in [0.4, 0.5) is 0 Å². The molecule has 4 nitrogen and oxygen atoms in total. The number of aromatic nitrogens is 1. The number of hydrogen-bond acceptors (Lipinski definition) is 2. The molecular formula is C11H10N2O2. The minimum atomic E-state index is -0.354. The standard InChI is InChI=1S/C11H10N2O2/c1-12-6-5-8-3-4-9-10(7-8)15-11(14)13(9)2/h3-4,7H,5-6H2,2H3. The van der Waals surface area contributed by atoms with Crippen LogP contribution < -0.4 is 5.76 Å². The molecule has 15 heavy (non-hydrogen) atoms. The van der Waals surface area contributed by atoms with Gasteiger partial charge in [0, 0.05) is 13.5 Å². The van der Waals surface area contributed by atoms with Crippen molar-refractivity contribution in [2.24, 2.45) is 7.05 Å². The summed E-state index contributed by atoms with van der Waals surface area (Å²) in [5.74, 6) is -0.354. The lowest BCUT2D eigenvalue weighted by atomic mass is 10.1. The molecule has 4 heteroatoms. The Bertz CT molecular complexity index is 587. The van der Waals surface area contributed by atoms with Gasteiger partial charge in [-0.05, 0) is 17.7 Å². The second kappa shape index (κ2) is 3.62. The number of aryl methyl sites for hydroxylation is 1. The van der Waals surface area contributed by atoms with Crippen molar-refractivity contribution in [1.29, 1.82) is 0 Å². The summed E-state index contributed by atoms with van der Waals surface area (Å²) >= 11 is 0. The Morgan fingerprint density at radius 2 is 2.33 bits per heavy atom. The molecule has 0 N–H and O–H groups in total. The number of benzene rings is 1. The van der Waals surface area contributed by atoms with Crippen LogP contribution >= 0.6 is 0 Å². The highest BCUT2D eigenvalue weighted by molar-refractivity contribution is 5.73. The van der Waals surface area contributed by atoms with Gasteiger partial charge in [0.2, 0.25) is 6.54 Å². The predicted octanol–water partition coefficient (Wildman–Crippen LogP) is 1.59. The van der Waals surface area contributed by atoms with E-state index in [1.165, 1.54) is 4.57 Å². The van der Waals surface area contributed by atoms with E-state index in [0.29, 0.717) is 18.5 Å². The molecule has 76 valence electrons. The number of hydrogen-bond donors (Lipinski definition) is 0. The summed E-state index contributed by atoms with van der Waals surface area (Å²) in [7, 11) is 1.67. The highest BCUT2D eigenvalue weighted by Crippen LogP contribution is 2.14. The summed E-state index contributed by atoms with van der Waals surface area (Å²) in [6.45, 7) is 7.16. The van der Waals surface area contributed by atoms with Crippen molar-refractivity contribution in [1.82, 2.24) is 4.57 Å². The second-order valence-corrected chi connectivity index (χ2v) is 3.36. The van der Waals surface area contributed by atoms with E-state index >= 15 is 0 Å². The Balaban J connectivity index is 2.49. The van der Waals surface area contributed by atoms with Crippen LogP contribution in [-0.2, 0) is 13.5 Å². The summed E-state index contributed by atoms with van der Waals surface area (Å²) in [4.78, 5) is 14.5. The van der Waals surface area contributed by atoms with Gasteiger partial charge in [-0.3, -0.25) is 4.57 Å². The molecule has 2 rings (SSSR count). The molecule has 0 radical (unpaired) electrons. The van der Waals surface area contributed by atoms with Gasteiger partial charge in [-0.2, -0.15) is 0 Å². The molecule has 0 aliphatic rings. The first-order valence-corrected chi connectivity index (χ1v) is 4.64. The molecule has 2 aromatic rings. The van der Waals surface area contributed by atoms with Gasteiger partial charge in [-0.25, -0.2) is 11.4 Å². The van der Waals surface area contributed by atoms with E-state index in [1.54, 1.807) is 7.05 Å². The summed E-state index contributed by atoms with van der Waals surface area (Å²) in [6.07, 6.45) is 0.693. The first-order chi connectivity index (χ1) is 7.22. The van der Waals surface area contributed by atoms with Crippen molar-refractivity contribution in [3.05, 3.63) is 45.7 Å². The molecule has 0 amide bonds. The Labute approximate surface area is 86.6 Å². The molecule has 1 aromatic heterocycles. The van der Waals surface area contributed by atoms with E-state index in [-0.39, 0.29) is 5.76 Å². The van der Waals surface area contributed by atoms with Crippen molar-refractivity contribution in [2.75, 3.05) is 6.54 Å². The van der Waals surface area contributed by atoms with Crippen LogP contribution in [0, 0.1) is 6.57 Å². The zero-order valence-electron chi connectivity index (χ0n) is 8.36. The number of oxazole rings is 1. The van der Waals surface area contributed by atoms with Crippen molar-refractivity contribution in [2.45, 2.75) is 6.42 Å². The fourth-order valence-corrected chi connectivity index (χ4v) is 1.52. The Hall–Kier alpha value is -2.02. The van der Waals surface area contributed by atoms with Gasteiger partial charge in [0.1, 0.15) is 0 Å². The van der Waals surface area contributed by atoms with Gasteiger partial charge in [-0.1, -0.05) is 6.07 Å². The average molecular weight is 202 g/mol. The molecule has 1 heterocycles. The summed E-state index contributed by atoms with van der Waals surface area (Å²) in [6, 6.07) is 5.59. The third-order valence-corrected chi connectivity index (χ3v) is 2.37. The molecule has 0 atom stereocenters. The fraction of sp³-hybridized carbons (Fsp3) is 0.273. The molecule has 0 aliphatic heterocycles. The first-order valence-electron chi connectivity index (χ1n) is 4.64. The fourth-order valence-electron chi connectivity index (χ4n) is 1.52. The predicted molar refractivity (Wildman–Crippen MR) is 56.6 cm³/mol. The molecule has 1 aromatic carbocycles. The monoisotopic (exact) mass is 202 g/mol. The minimum Gasteiger partial charge on any atom is -0.408 e. The minimum absolute atomic E-state index is 0.354. The van der Waals surface area contributed by atoms with Gasteiger partial charge < -0.3 is 9.26 Å². The van der Waals surface area contributed by atoms with E-state index in [9.17, 15) is 4.79 Å². The maximum atomic E-state index is 11.2. The lowest BCUT2D eigenvalue weighted by molar-refractivity contribution is 0.528. The Morgan fingerprint density at radius 1 is 1.53 bits per heavy atom. The van der Waals surface area contributed by atoms with Gasteiger partial charge in [0.05, 0.1) is 5.52 Å². The van der Waals surface area contributed by atoms with Crippen LogP contribution in [0.5, 0.6) is 0 Å². The van der Waals surface area contributed by atoms with Gasteiger partial charge in [0.15, 0.2) is 5.58 Å². The van der Waals surface area contributed by atoms with Crippen molar-refractivity contribution >= 4 is 11.1 Å². The molecule has 0 saturated heterocycles. The van der Waals surface area contributed by atoms with Crippen LogP contribution in [0.3, 0.4) is 0 Å². The highest BCUT2D eigenvalue weighted by atomic mass is 16.4. The lowest BCUT2D eigenvalue weighted by Crippen LogP contribution is -2.08. The van der Waals surface area contributed by atoms with Crippen LogP contribution in [-0.4, -0.2) is 11.1 Å². The zero-order chi connectivity index (χ0) is 10.8. The number of nitrogens with zero attached hydrogens (tertiary/aromatic N) is 2. The summed E-state index contributed by atoms with van der Waals surface area (Å²) in [5, 5.41) is 0. The highest BCUT2D eigenvalue weighted by Gasteiger charge is 2.06. The van der Waals surface area contributed by atoms with Crippen LogP contribution in [0.1, 0.15) is 5.56 Å². The second-order valence-electron chi connectivity index (χ2n) is 3.36. The Morgan fingerprint density at radius 3 is 3.07 bits per heavy atom. The average Bonchev–Trinajstić information content (AvgIpc) is 2.52. The molecule has 0 unspecified atom stereocenters.